The van der Waals surface area contributed by atoms with E-state index >= 15 is 0 Å². The largest absolute Gasteiger partial charge is 0.332 e. The van der Waals surface area contributed by atoms with Crippen molar-refractivity contribution in [1.29, 1.82) is 0 Å². The van der Waals surface area contributed by atoms with Gasteiger partial charge in [0.05, 0.1) is 12.4 Å². The van der Waals surface area contributed by atoms with Gasteiger partial charge < -0.3 is 4.57 Å². The monoisotopic (exact) mass is 396 g/mol. The van der Waals surface area contributed by atoms with E-state index in [4.69, 9.17) is 4.99 Å². The van der Waals surface area contributed by atoms with Crippen LogP contribution in [-0.4, -0.2) is 35.2 Å². The Labute approximate surface area is 166 Å². The highest BCUT2D eigenvalue weighted by molar-refractivity contribution is 5.80. The first kappa shape index (κ1) is 19.1. The van der Waals surface area contributed by atoms with Gasteiger partial charge in [0.15, 0.2) is 11.2 Å². The Balaban J connectivity index is 1.72. The second-order valence-electron chi connectivity index (χ2n) is 7.49. The van der Waals surface area contributed by atoms with E-state index in [1.54, 1.807) is 19.3 Å². The highest BCUT2D eigenvalue weighted by Crippen LogP contribution is 2.19. The van der Waals surface area contributed by atoms with Gasteiger partial charge in [-0.3, -0.25) is 28.3 Å². The van der Waals surface area contributed by atoms with Crippen molar-refractivity contribution in [3.63, 3.8) is 0 Å². The zero-order valence-electron chi connectivity index (χ0n) is 16.6. The van der Waals surface area contributed by atoms with Crippen LogP contribution in [0.15, 0.2) is 45.3 Å². The summed E-state index contributed by atoms with van der Waals surface area (Å²) in [4.78, 5) is 46.7. The molecule has 1 saturated carbocycles. The zero-order chi connectivity index (χ0) is 20.5. The van der Waals surface area contributed by atoms with Gasteiger partial charge in [0.1, 0.15) is 12.0 Å². The fraction of sp³-hybridized carbons (Fsp3) is 0.450. The molecule has 0 radical (unpaired) electrons. The predicted molar refractivity (Wildman–Crippen MR) is 108 cm³/mol. The van der Waals surface area contributed by atoms with Crippen LogP contribution in [0.2, 0.25) is 0 Å². The fourth-order valence-electron chi connectivity index (χ4n) is 3.89. The number of carbonyl (C=O) groups excluding carboxylic acids is 1. The van der Waals surface area contributed by atoms with Gasteiger partial charge >= 0.3 is 5.69 Å². The van der Waals surface area contributed by atoms with Gasteiger partial charge in [-0.1, -0.05) is 25.3 Å². The first-order chi connectivity index (χ1) is 14.0. The number of aryl methyl sites for hydroxylation is 1. The van der Waals surface area contributed by atoms with Crippen molar-refractivity contribution in [3.05, 3.63) is 57.0 Å². The van der Waals surface area contributed by atoms with E-state index in [2.05, 4.69) is 4.98 Å². The van der Waals surface area contributed by atoms with Crippen LogP contribution in [0.25, 0.3) is 11.2 Å². The van der Waals surface area contributed by atoms with Crippen molar-refractivity contribution in [1.82, 2.24) is 23.3 Å². The lowest BCUT2D eigenvalue weighted by atomic mass is 9.96. The van der Waals surface area contributed by atoms with Gasteiger partial charge in [-0.2, -0.15) is 0 Å². The second kappa shape index (κ2) is 7.65. The Morgan fingerprint density at radius 3 is 2.66 bits per heavy atom. The van der Waals surface area contributed by atoms with Crippen molar-refractivity contribution in [2.45, 2.75) is 44.7 Å². The minimum atomic E-state index is -0.474. The molecule has 29 heavy (non-hydrogen) atoms. The van der Waals surface area contributed by atoms with Crippen LogP contribution in [0.4, 0.5) is 0 Å². The number of carbonyl (C=O) groups is 1. The molecule has 3 heterocycles. The lowest BCUT2D eigenvalue weighted by Crippen LogP contribution is -2.38. The number of rotatable bonds is 3. The third-order valence-corrected chi connectivity index (χ3v) is 5.52. The molecule has 1 aliphatic carbocycles. The highest BCUT2D eigenvalue weighted by atomic mass is 16.2. The van der Waals surface area contributed by atoms with E-state index in [1.165, 1.54) is 33.5 Å². The van der Waals surface area contributed by atoms with E-state index in [9.17, 15) is 14.4 Å². The van der Waals surface area contributed by atoms with Crippen molar-refractivity contribution in [2.24, 2.45) is 19.1 Å². The number of fused-ring (bicyclic) bond motifs is 1. The van der Waals surface area contributed by atoms with Crippen LogP contribution < -0.4 is 16.7 Å². The van der Waals surface area contributed by atoms with Gasteiger partial charge in [0, 0.05) is 20.3 Å². The Kier molecular flexibility index (Phi) is 5.04. The number of hydrogen-bond acceptors (Lipinski definition) is 5. The smallest absolute Gasteiger partial charge is 0.315 e. The summed E-state index contributed by atoms with van der Waals surface area (Å²) in [5.41, 5.74) is 0.180. The topological polar surface area (TPSA) is 96.2 Å². The molecule has 3 aromatic rings. The molecule has 1 fully saturated rings. The van der Waals surface area contributed by atoms with E-state index in [0.717, 1.165) is 30.3 Å². The van der Waals surface area contributed by atoms with Crippen molar-refractivity contribution >= 4 is 17.1 Å². The van der Waals surface area contributed by atoms with Crippen LogP contribution in [0.1, 0.15) is 36.9 Å². The SMILES string of the molecule is Cn1c(=O)c2c(ncn2CC(=O)n2ccccc2=NC2CCCCC2)n(C)c1=O. The van der Waals surface area contributed by atoms with Crippen molar-refractivity contribution in [2.75, 3.05) is 0 Å². The Morgan fingerprint density at radius 1 is 1.14 bits per heavy atom. The number of nitrogens with zero attached hydrogens (tertiary/aromatic N) is 6. The van der Waals surface area contributed by atoms with Gasteiger partial charge in [0.2, 0.25) is 0 Å². The highest BCUT2D eigenvalue weighted by Gasteiger charge is 2.17. The summed E-state index contributed by atoms with van der Waals surface area (Å²) in [5.74, 6) is -0.227. The summed E-state index contributed by atoms with van der Waals surface area (Å²) >= 11 is 0. The van der Waals surface area contributed by atoms with Crippen LogP contribution in [0, 0.1) is 0 Å². The molecule has 3 aromatic heterocycles. The molecule has 0 bridgehead atoms. The average Bonchev–Trinajstić information content (AvgIpc) is 3.15. The maximum atomic E-state index is 13.0. The zero-order valence-corrected chi connectivity index (χ0v) is 16.6. The molecule has 0 aromatic carbocycles. The molecule has 4 rings (SSSR count). The molecule has 0 unspecified atom stereocenters. The minimum absolute atomic E-state index is 0.0776. The van der Waals surface area contributed by atoms with Gasteiger partial charge in [-0.05, 0) is 25.0 Å². The summed E-state index contributed by atoms with van der Waals surface area (Å²) in [6, 6.07) is 5.72. The van der Waals surface area contributed by atoms with Gasteiger partial charge in [-0.15, -0.1) is 0 Å². The van der Waals surface area contributed by atoms with E-state index in [-0.39, 0.29) is 29.7 Å². The molecule has 0 amide bonds. The number of hydrogen-bond donors (Lipinski definition) is 0. The normalized spacial score (nSPS) is 15.9. The third-order valence-electron chi connectivity index (χ3n) is 5.52. The van der Waals surface area contributed by atoms with Gasteiger partial charge in [0.25, 0.3) is 11.5 Å². The average molecular weight is 396 g/mol. The van der Waals surface area contributed by atoms with E-state index in [1.807, 2.05) is 12.1 Å². The van der Waals surface area contributed by atoms with E-state index in [0.29, 0.717) is 5.49 Å². The first-order valence-corrected chi connectivity index (χ1v) is 9.83. The second-order valence-corrected chi connectivity index (χ2v) is 7.49. The molecule has 0 spiro atoms. The summed E-state index contributed by atoms with van der Waals surface area (Å²) in [5, 5.41) is 0. The molecule has 9 heteroatoms. The molecular formula is C20H24N6O3. The molecule has 0 aliphatic heterocycles. The van der Waals surface area contributed by atoms with Crippen LogP contribution in [0.3, 0.4) is 0 Å². The molecule has 0 saturated heterocycles. The van der Waals surface area contributed by atoms with Gasteiger partial charge in [-0.25, -0.2) is 9.78 Å². The molecule has 1 aliphatic rings. The minimum Gasteiger partial charge on any atom is -0.315 e. The summed E-state index contributed by atoms with van der Waals surface area (Å²) in [7, 11) is 2.97. The Hall–Kier alpha value is -3.23. The Morgan fingerprint density at radius 2 is 1.90 bits per heavy atom. The molecule has 0 N–H and O–H groups in total. The lowest BCUT2D eigenvalue weighted by Gasteiger charge is -2.17. The molecule has 9 nitrogen and oxygen atoms in total. The number of aromatic nitrogens is 5. The molecule has 0 atom stereocenters. The van der Waals surface area contributed by atoms with Crippen LogP contribution in [-0.2, 0) is 20.6 Å². The van der Waals surface area contributed by atoms with Crippen molar-refractivity contribution < 1.29 is 4.79 Å². The maximum absolute atomic E-state index is 13.0. The summed E-state index contributed by atoms with van der Waals surface area (Å²) in [6.07, 6.45) is 8.77. The Bertz CT molecular complexity index is 1250. The lowest BCUT2D eigenvalue weighted by molar-refractivity contribution is 0.0886. The number of imidazole rings is 1. The summed E-state index contributed by atoms with van der Waals surface area (Å²) < 4.78 is 5.33. The van der Waals surface area contributed by atoms with E-state index < -0.39 is 11.2 Å². The van der Waals surface area contributed by atoms with Crippen LogP contribution in [0.5, 0.6) is 0 Å². The first-order valence-electron chi connectivity index (χ1n) is 9.83. The quantitative estimate of drug-likeness (QED) is 0.654. The van der Waals surface area contributed by atoms with Crippen LogP contribution >= 0.6 is 0 Å². The van der Waals surface area contributed by atoms with Crippen molar-refractivity contribution in [3.8, 4) is 0 Å². The molecular weight excluding hydrogens is 372 g/mol. The standard InChI is InChI=1S/C20H24N6O3/c1-23-18-17(19(28)24(2)20(23)29)25(13-21-18)12-16(27)26-11-7-6-10-15(26)22-14-8-4-3-5-9-14/h6-7,10-11,13-14H,3-5,8-9,12H2,1-2H3. The number of pyridine rings is 1. The maximum Gasteiger partial charge on any atom is 0.332 e. The summed E-state index contributed by atoms with van der Waals surface area (Å²) in [6.45, 7) is -0.0776. The fourth-order valence-corrected chi connectivity index (χ4v) is 3.89. The third kappa shape index (κ3) is 3.48. The molecule has 152 valence electrons. The predicted octanol–water partition coefficient (Wildman–Crippen LogP) is 0.809.